The zero-order valence-electron chi connectivity index (χ0n) is 32.8. The number of hydrogen-bond acceptors (Lipinski definition) is 13. The molecule has 0 bridgehead atoms. The molecule has 2 aliphatic rings. The number of alkyl carbamates (subject to hydrolysis) is 2. The third-order valence-corrected chi connectivity index (χ3v) is 9.54. The van der Waals surface area contributed by atoms with Crippen molar-refractivity contribution in [3.8, 4) is 6.07 Å². The summed E-state index contributed by atoms with van der Waals surface area (Å²) >= 11 is 0. The topological polar surface area (TPSA) is 236 Å². The number of aliphatic hydroxyl groups excluding tert-OH is 2. The molecule has 0 radical (unpaired) electrons. The van der Waals surface area contributed by atoms with Crippen molar-refractivity contribution in [1.82, 2.24) is 25.2 Å². The Kier molecular flexibility index (Phi) is 12.8. The number of amides is 3. The first-order chi connectivity index (χ1) is 26.8. The van der Waals surface area contributed by atoms with E-state index in [0.29, 0.717) is 18.4 Å². The third-order valence-electron chi connectivity index (χ3n) is 9.54. The van der Waals surface area contributed by atoms with Crippen LogP contribution in [0.4, 0.5) is 19.8 Å². The first kappa shape index (κ1) is 42.8. The Morgan fingerprint density at radius 1 is 1.02 bits per heavy atom. The fraction of sp³-hybridized carbons (Fsp3) is 0.564. The van der Waals surface area contributed by atoms with Gasteiger partial charge in [-0.2, -0.15) is 10.4 Å². The second-order valence-electron chi connectivity index (χ2n) is 16.4. The van der Waals surface area contributed by atoms with Gasteiger partial charge in [0.15, 0.2) is 11.9 Å². The summed E-state index contributed by atoms with van der Waals surface area (Å²) in [5.41, 5.74) is -4.19. The Morgan fingerprint density at radius 3 is 2.28 bits per heavy atom. The first-order valence-electron chi connectivity index (χ1n) is 18.7. The number of carbonyl (C=O) groups is 4. The summed E-state index contributed by atoms with van der Waals surface area (Å²) in [5.74, 6) is -2.04. The number of fused-ring (bicyclic) bond motifs is 1. The second kappa shape index (κ2) is 17.0. The molecule has 1 saturated heterocycles. The van der Waals surface area contributed by atoms with Gasteiger partial charge < -0.3 is 45.1 Å². The van der Waals surface area contributed by atoms with Gasteiger partial charge in [-0.15, -0.1) is 0 Å². The maximum atomic E-state index is 13.7. The van der Waals surface area contributed by atoms with E-state index in [9.17, 15) is 39.0 Å². The van der Waals surface area contributed by atoms with E-state index in [1.807, 2.05) is 6.07 Å². The van der Waals surface area contributed by atoms with Crippen LogP contribution in [0.3, 0.4) is 0 Å². The number of benzene rings is 1. The summed E-state index contributed by atoms with van der Waals surface area (Å²) in [6, 6.07) is 9.02. The first-order valence-corrected chi connectivity index (χ1v) is 18.7. The maximum absolute atomic E-state index is 13.7. The molecule has 2 aromatic heterocycles. The number of ether oxygens (including phenoxy) is 4. The number of nitriles is 1. The molecule has 2 fully saturated rings. The number of hydrogen-bond donors (Lipinski definition) is 5. The largest absolute Gasteiger partial charge is 0.456 e. The minimum absolute atomic E-state index is 0.0347. The van der Waals surface area contributed by atoms with Gasteiger partial charge in [0.05, 0.1) is 24.3 Å². The van der Waals surface area contributed by atoms with Crippen molar-refractivity contribution in [2.24, 2.45) is 0 Å². The van der Waals surface area contributed by atoms with Gasteiger partial charge >= 0.3 is 18.2 Å². The molecule has 18 heteroatoms. The fourth-order valence-electron chi connectivity index (χ4n) is 7.05. The smallest absolute Gasteiger partial charge is 0.408 e. The zero-order valence-corrected chi connectivity index (χ0v) is 32.8. The van der Waals surface area contributed by atoms with Crippen LogP contribution in [-0.4, -0.2) is 96.6 Å². The van der Waals surface area contributed by atoms with Crippen LogP contribution in [0.2, 0.25) is 0 Å². The molecule has 1 aliphatic heterocycles. The Morgan fingerprint density at radius 2 is 1.67 bits per heavy atom. The van der Waals surface area contributed by atoms with Gasteiger partial charge in [-0.25, -0.2) is 23.5 Å². The summed E-state index contributed by atoms with van der Waals surface area (Å²) in [5, 5.41) is 44.9. The van der Waals surface area contributed by atoms with Crippen LogP contribution in [0.5, 0.6) is 0 Å². The molecule has 5 N–H and O–H groups in total. The Bertz CT molecular complexity index is 1980. The highest BCUT2D eigenvalue weighted by Crippen LogP contribution is 2.42. The van der Waals surface area contributed by atoms with E-state index >= 15 is 0 Å². The van der Waals surface area contributed by atoms with Gasteiger partial charge in [0.25, 0.3) is 0 Å². The van der Waals surface area contributed by atoms with Crippen molar-refractivity contribution in [3.63, 3.8) is 0 Å². The quantitative estimate of drug-likeness (QED) is 0.137. The van der Waals surface area contributed by atoms with Crippen LogP contribution >= 0.6 is 0 Å². The number of nitrogens with zero attached hydrogens (tertiary/aromatic N) is 4. The average Bonchev–Trinajstić information content (AvgIpc) is 3.67. The normalized spacial score (nSPS) is 22.5. The number of anilines is 1. The molecule has 1 aromatic carbocycles. The average molecular weight is 796 g/mol. The summed E-state index contributed by atoms with van der Waals surface area (Å²) in [6.45, 7) is 9.43. The molecule has 3 heterocycles. The maximum Gasteiger partial charge on any atom is 0.408 e. The minimum atomic E-state index is -2.24. The van der Waals surface area contributed by atoms with E-state index in [-0.39, 0.29) is 29.9 Å². The number of aliphatic hydroxyl groups is 2. The van der Waals surface area contributed by atoms with Gasteiger partial charge in [-0.1, -0.05) is 31.4 Å². The Balaban J connectivity index is 1.38. The number of esters is 1. The molecule has 308 valence electrons. The molecular weight excluding hydrogens is 745 g/mol. The number of carbonyl (C=O) groups excluding carboxylic acids is 4. The van der Waals surface area contributed by atoms with Crippen LogP contribution in [0.1, 0.15) is 91.3 Å². The SMILES string of the molecule is CC(C)(C)OC(=O)N[C@@H](Cc1ccc(F)cc1)C(=O)Nc1ncnn2c([C@]3(C#N)O[C@H](CO)[C@@H](OC(=O)CC4(NC(=O)OC(C)(C)C)CCCCC4)[C@H]3O)ccc12. The highest BCUT2D eigenvalue weighted by Gasteiger charge is 2.59. The van der Waals surface area contributed by atoms with E-state index in [4.69, 9.17) is 18.9 Å². The molecule has 3 aromatic rings. The molecule has 1 aliphatic carbocycles. The number of aromatic nitrogens is 3. The highest BCUT2D eigenvalue weighted by atomic mass is 19.1. The molecule has 5 atom stereocenters. The molecule has 3 amide bonds. The summed E-state index contributed by atoms with van der Waals surface area (Å²) in [4.78, 5) is 57.0. The predicted octanol–water partition coefficient (Wildman–Crippen LogP) is 3.94. The zero-order chi connectivity index (χ0) is 41.8. The molecular formula is C39H50FN7O10. The van der Waals surface area contributed by atoms with Crippen molar-refractivity contribution in [1.29, 1.82) is 5.26 Å². The lowest BCUT2D eigenvalue weighted by Gasteiger charge is -2.38. The van der Waals surface area contributed by atoms with Crippen molar-refractivity contribution >= 4 is 35.4 Å². The van der Waals surface area contributed by atoms with E-state index in [2.05, 4.69) is 26.0 Å². The fourth-order valence-corrected chi connectivity index (χ4v) is 7.05. The highest BCUT2D eigenvalue weighted by molar-refractivity contribution is 5.98. The standard InChI is InChI=1S/C39H50FN7O10/c1-36(2,3)56-34(52)44-25(18-23-10-12-24(40)13-11-23)33(51)45-32-26-14-15-28(47(26)43-22-42-32)39(21-41)31(50)30(27(20-48)55-39)54-29(49)19-38(16-8-7-9-17-38)46-35(53)57-37(4,5)6/h10-15,22,25,27,30-31,48,50H,7-9,16-20H2,1-6H3,(H,44,52)(H,46,53)(H,42,43,45,51)/t25-,27+,30+,31+,39-/m0/s1. The lowest BCUT2D eigenvalue weighted by Crippen LogP contribution is -2.53. The van der Waals surface area contributed by atoms with Crippen molar-refractivity contribution in [2.75, 3.05) is 11.9 Å². The van der Waals surface area contributed by atoms with Crippen molar-refractivity contribution in [3.05, 3.63) is 59.8 Å². The van der Waals surface area contributed by atoms with Gasteiger partial charge in [0, 0.05) is 6.42 Å². The second-order valence-corrected chi connectivity index (χ2v) is 16.4. The van der Waals surface area contributed by atoms with E-state index < -0.39 is 83.2 Å². The monoisotopic (exact) mass is 795 g/mol. The molecule has 0 unspecified atom stereocenters. The molecule has 0 spiro atoms. The summed E-state index contributed by atoms with van der Waals surface area (Å²) < 4.78 is 37.4. The van der Waals surface area contributed by atoms with Crippen molar-refractivity contribution in [2.45, 2.75) is 133 Å². The lowest BCUT2D eigenvalue weighted by molar-refractivity contribution is -0.158. The van der Waals surface area contributed by atoms with E-state index in [1.54, 1.807) is 41.5 Å². The summed E-state index contributed by atoms with van der Waals surface area (Å²) in [6.07, 6.45) is -2.10. The van der Waals surface area contributed by atoms with Crippen LogP contribution < -0.4 is 16.0 Å². The van der Waals surface area contributed by atoms with Gasteiger partial charge in [0.2, 0.25) is 11.5 Å². The Labute approximate surface area is 329 Å². The predicted molar refractivity (Wildman–Crippen MR) is 200 cm³/mol. The van der Waals surface area contributed by atoms with Crippen molar-refractivity contribution < 1.29 is 52.7 Å². The number of nitrogens with one attached hydrogen (secondary N) is 3. The molecule has 5 rings (SSSR count). The van der Waals surface area contributed by atoms with E-state index in [1.165, 1.54) is 40.9 Å². The molecule has 57 heavy (non-hydrogen) atoms. The summed E-state index contributed by atoms with van der Waals surface area (Å²) in [7, 11) is 0. The lowest BCUT2D eigenvalue weighted by atomic mass is 9.79. The van der Waals surface area contributed by atoms with Gasteiger partial charge in [-0.3, -0.25) is 9.59 Å². The van der Waals surface area contributed by atoms with Crippen LogP contribution in [0.25, 0.3) is 5.52 Å². The van der Waals surface area contributed by atoms with E-state index in [0.717, 1.165) is 25.6 Å². The third kappa shape index (κ3) is 10.3. The van der Waals surface area contributed by atoms with Crippen LogP contribution in [-0.2, 0) is 40.6 Å². The number of halogens is 1. The molecule has 17 nitrogen and oxygen atoms in total. The van der Waals surface area contributed by atoms with Gasteiger partial charge in [-0.05, 0) is 84.2 Å². The number of rotatable bonds is 11. The Hall–Kier alpha value is -5.38. The van der Waals surface area contributed by atoms with Crippen LogP contribution in [0, 0.1) is 17.1 Å². The minimum Gasteiger partial charge on any atom is -0.456 e. The van der Waals surface area contributed by atoms with Gasteiger partial charge in [0.1, 0.15) is 53.2 Å². The van der Waals surface area contributed by atoms with Crippen LogP contribution in [0.15, 0.2) is 42.7 Å². The molecule has 1 saturated carbocycles.